The number of anilines is 1. The zero-order chi connectivity index (χ0) is 21.0. The Bertz CT molecular complexity index is 1080. The monoisotopic (exact) mass is 419 g/mol. The fourth-order valence-corrected chi connectivity index (χ4v) is 4.22. The second-order valence-electron chi connectivity index (χ2n) is 7.13. The topological polar surface area (TPSA) is 68.2 Å². The molecule has 0 spiro atoms. The van der Waals surface area contributed by atoms with Gasteiger partial charge in [0, 0.05) is 24.2 Å². The van der Waals surface area contributed by atoms with Gasteiger partial charge in [0.05, 0.1) is 23.4 Å². The van der Waals surface area contributed by atoms with Crippen LogP contribution in [0.1, 0.15) is 22.6 Å². The summed E-state index contributed by atoms with van der Waals surface area (Å²) in [5.41, 5.74) is 1.54. The highest BCUT2D eigenvalue weighted by Gasteiger charge is 2.43. The lowest BCUT2D eigenvalue weighted by atomic mass is 9.80. The lowest BCUT2D eigenvalue weighted by Crippen LogP contribution is -2.33. The number of carbonyl (C=O) groups excluding carboxylic acids is 1. The summed E-state index contributed by atoms with van der Waals surface area (Å²) in [4.78, 5) is 14.4. The Morgan fingerprint density at radius 3 is 2.60 bits per heavy atom. The van der Waals surface area contributed by atoms with E-state index >= 15 is 0 Å². The number of hydrogen-bond acceptors (Lipinski definition) is 6. The van der Waals surface area contributed by atoms with E-state index in [1.54, 1.807) is 23.1 Å². The fraction of sp³-hybridized carbons (Fsp3) is 0.286. The molecule has 9 heteroatoms. The van der Waals surface area contributed by atoms with Crippen molar-refractivity contribution in [1.82, 2.24) is 0 Å². The van der Waals surface area contributed by atoms with Crippen molar-refractivity contribution < 1.29 is 37.3 Å². The first-order valence-electron chi connectivity index (χ1n) is 9.27. The van der Waals surface area contributed by atoms with Gasteiger partial charge in [0.1, 0.15) is 6.61 Å². The van der Waals surface area contributed by atoms with Gasteiger partial charge in [0.2, 0.25) is 6.79 Å². The third-order valence-corrected chi connectivity index (χ3v) is 5.48. The molecule has 6 nitrogen and oxygen atoms in total. The molecule has 3 heterocycles. The van der Waals surface area contributed by atoms with Crippen LogP contribution in [0.2, 0.25) is 0 Å². The smallest absolute Gasteiger partial charge is 0.416 e. The summed E-state index contributed by atoms with van der Waals surface area (Å²) in [6.45, 7) is 0.0175. The van der Waals surface area contributed by atoms with Crippen LogP contribution in [0, 0.1) is 0 Å². The van der Waals surface area contributed by atoms with Crippen molar-refractivity contribution in [2.24, 2.45) is 0 Å². The van der Waals surface area contributed by atoms with Crippen molar-refractivity contribution in [1.29, 1.82) is 0 Å². The molecule has 0 aliphatic carbocycles. The van der Waals surface area contributed by atoms with Crippen LogP contribution in [0.15, 0.2) is 47.7 Å². The number of hydrogen-bond donors (Lipinski definition) is 1. The van der Waals surface area contributed by atoms with Crippen LogP contribution in [0.3, 0.4) is 0 Å². The number of alkyl halides is 3. The van der Waals surface area contributed by atoms with Gasteiger partial charge in [0.15, 0.2) is 11.5 Å². The Kier molecular flexibility index (Phi) is 4.18. The first-order chi connectivity index (χ1) is 14.4. The largest absolute Gasteiger partial charge is 0.456 e. The van der Waals surface area contributed by atoms with Crippen LogP contribution < -0.4 is 14.4 Å². The van der Waals surface area contributed by atoms with Gasteiger partial charge >= 0.3 is 12.1 Å². The molecule has 1 unspecified atom stereocenters. The molecule has 3 aliphatic heterocycles. The number of rotatable bonds is 3. The summed E-state index contributed by atoms with van der Waals surface area (Å²) in [7, 11) is 0. The maximum atomic E-state index is 13.3. The van der Waals surface area contributed by atoms with Gasteiger partial charge in [0.25, 0.3) is 0 Å². The molecule has 3 aliphatic rings. The van der Waals surface area contributed by atoms with Crippen LogP contribution in [0.25, 0.3) is 0 Å². The highest BCUT2D eigenvalue weighted by Crippen LogP contribution is 2.51. The van der Waals surface area contributed by atoms with Crippen molar-refractivity contribution in [2.45, 2.75) is 12.1 Å². The molecule has 0 fully saturated rings. The fourth-order valence-electron chi connectivity index (χ4n) is 4.22. The third kappa shape index (κ3) is 2.80. The summed E-state index contributed by atoms with van der Waals surface area (Å²) in [5.74, 6) is -0.408. The molecular formula is C21H16F3NO5. The van der Waals surface area contributed by atoms with Crippen LogP contribution in [0.4, 0.5) is 18.9 Å². The number of ether oxygens (including phenoxy) is 3. The Morgan fingerprint density at radius 1 is 1.10 bits per heavy atom. The molecule has 0 aromatic heterocycles. The molecule has 2 aromatic carbocycles. The van der Waals surface area contributed by atoms with E-state index in [2.05, 4.69) is 0 Å². The van der Waals surface area contributed by atoms with Gasteiger partial charge in [-0.1, -0.05) is 18.2 Å². The van der Waals surface area contributed by atoms with Gasteiger partial charge in [-0.3, -0.25) is 0 Å². The van der Waals surface area contributed by atoms with E-state index in [9.17, 15) is 23.1 Å². The standard InChI is InChI=1S/C21H16F3NO5/c22-21(23,24)12-3-1-2-11(6-12)18-13-7-16-17(30-10-29-16)8-14(13)25(4-5-26)15-9-28-20(27)19(15)18/h1-3,6-8,18,26H,4-5,9-10H2. The second kappa shape index (κ2) is 6.66. The van der Waals surface area contributed by atoms with Gasteiger partial charge < -0.3 is 24.2 Å². The van der Waals surface area contributed by atoms with E-state index in [0.717, 1.165) is 12.1 Å². The second-order valence-corrected chi connectivity index (χ2v) is 7.13. The van der Waals surface area contributed by atoms with E-state index in [-0.39, 0.29) is 32.1 Å². The number of benzene rings is 2. The zero-order valence-electron chi connectivity index (χ0n) is 15.5. The first kappa shape index (κ1) is 18.8. The maximum absolute atomic E-state index is 13.3. The Hall–Kier alpha value is -3.20. The van der Waals surface area contributed by atoms with E-state index in [1.165, 1.54) is 6.07 Å². The minimum atomic E-state index is -4.52. The van der Waals surface area contributed by atoms with Gasteiger partial charge in [-0.25, -0.2) is 4.79 Å². The Labute approximate surface area is 169 Å². The summed E-state index contributed by atoms with van der Waals surface area (Å²) in [6.07, 6.45) is -4.52. The summed E-state index contributed by atoms with van der Waals surface area (Å²) in [5, 5.41) is 9.56. The number of halogens is 3. The average molecular weight is 419 g/mol. The predicted molar refractivity (Wildman–Crippen MR) is 98.3 cm³/mol. The SMILES string of the molecule is O=C1OCC2=C1C(c1cccc(C(F)(F)F)c1)c1cc3c(cc1N2CCO)OCO3. The van der Waals surface area contributed by atoms with Crippen molar-refractivity contribution in [3.05, 3.63) is 64.4 Å². The minimum absolute atomic E-state index is 0.0164. The van der Waals surface area contributed by atoms with E-state index < -0.39 is 23.6 Å². The van der Waals surface area contributed by atoms with Crippen LogP contribution in [-0.4, -0.2) is 37.6 Å². The van der Waals surface area contributed by atoms with Crippen molar-refractivity contribution in [3.8, 4) is 11.5 Å². The molecule has 0 saturated heterocycles. The number of carbonyl (C=O) groups is 1. The van der Waals surface area contributed by atoms with Crippen LogP contribution in [0.5, 0.6) is 11.5 Å². The minimum Gasteiger partial charge on any atom is -0.456 e. The molecule has 0 radical (unpaired) electrons. The van der Waals surface area contributed by atoms with Gasteiger partial charge in [-0.15, -0.1) is 0 Å². The molecule has 2 aromatic rings. The van der Waals surface area contributed by atoms with Crippen LogP contribution in [-0.2, 0) is 15.7 Å². The Balaban J connectivity index is 1.75. The van der Waals surface area contributed by atoms with Gasteiger partial charge in [-0.05, 0) is 23.3 Å². The first-order valence-corrected chi connectivity index (χ1v) is 9.27. The van der Waals surface area contributed by atoms with Crippen molar-refractivity contribution in [2.75, 3.05) is 31.5 Å². The number of cyclic esters (lactones) is 1. The van der Waals surface area contributed by atoms with E-state index in [1.807, 2.05) is 0 Å². The van der Waals surface area contributed by atoms with E-state index in [0.29, 0.717) is 34.0 Å². The van der Waals surface area contributed by atoms with E-state index in [4.69, 9.17) is 14.2 Å². The number of aliphatic hydroxyl groups excluding tert-OH is 1. The van der Waals surface area contributed by atoms with Crippen molar-refractivity contribution >= 4 is 11.7 Å². The molecule has 1 atom stereocenters. The molecule has 0 saturated carbocycles. The highest BCUT2D eigenvalue weighted by atomic mass is 19.4. The third-order valence-electron chi connectivity index (χ3n) is 5.48. The molecule has 30 heavy (non-hydrogen) atoms. The normalized spacial score (nSPS) is 19.7. The number of esters is 1. The lowest BCUT2D eigenvalue weighted by Gasteiger charge is -2.35. The van der Waals surface area contributed by atoms with Crippen molar-refractivity contribution in [3.63, 3.8) is 0 Å². The average Bonchev–Trinajstić information content (AvgIpc) is 3.33. The highest BCUT2D eigenvalue weighted by molar-refractivity contribution is 5.97. The molecule has 5 rings (SSSR count). The predicted octanol–water partition coefficient (Wildman–Crippen LogP) is 3.19. The summed E-state index contributed by atoms with van der Waals surface area (Å²) in [6, 6.07) is 8.34. The molecule has 1 N–H and O–H groups in total. The molecular weight excluding hydrogens is 403 g/mol. The molecule has 156 valence electrons. The lowest BCUT2D eigenvalue weighted by molar-refractivity contribution is -0.137. The number of aliphatic hydroxyl groups is 1. The molecule has 0 bridgehead atoms. The quantitative estimate of drug-likeness (QED) is 0.771. The Morgan fingerprint density at radius 2 is 1.87 bits per heavy atom. The maximum Gasteiger partial charge on any atom is 0.416 e. The zero-order valence-corrected chi connectivity index (χ0v) is 15.5. The summed E-state index contributed by atoms with van der Waals surface area (Å²) < 4.78 is 56.2. The number of nitrogens with zero attached hydrogens (tertiary/aromatic N) is 1. The molecule has 0 amide bonds. The number of fused-ring (bicyclic) bond motifs is 2. The summed E-state index contributed by atoms with van der Waals surface area (Å²) >= 11 is 0. The van der Waals surface area contributed by atoms with Gasteiger partial charge in [-0.2, -0.15) is 13.2 Å². The van der Waals surface area contributed by atoms with Crippen LogP contribution >= 0.6 is 0 Å². The number of β-amino-alcohol motifs (C(OH)–C–C–N with tert-alkyl or cyclic N) is 1.